The van der Waals surface area contributed by atoms with Crippen LogP contribution in [0.3, 0.4) is 0 Å². The standard InChI is InChI=1S/C31H45F2NO2/c1-4-36-18-20-8-11-23-21(16-20)9-12-25-24(23)14-15-31(3)27(6-5-7-28(25)31)19(2)34-30(35)26-13-10-22(32)17-29(26)33/h10,13,17,19-21,23-25,27-28H,4-9,11-12,14-16,18H2,1-3H3,(H,34,35)/t19-,20+,21-,23+,24?,25-,27-,28?,31-/m1/s1. The molecule has 5 heteroatoms. The summed E-state index contributed by atoms with van der Waals surface area (Å²) in [5.41, 5.74) is 0.148. The summed E-state index contributed by atoms with van der Waals surface area (Å²) in [7, 11) is 0. The van der Waals surface area contributed by atoms with Crippen molar-refractivity contribution in [1.29, 1.82) is 0 Å². The number of hydrogen-bond acceptors (Lipinski definition) is 2. The van der Waals surface area contributed by atoms with Crippen molar-refractivity contribution >= 4 is 5.91 Å². The SMILES string of the molecule is CCOC[C@H]1CC[C@@H]2C3CC[C@@]4(C)C(CCC[C@@H]4[C@@H](C)NC(=O)c4ccc(F)cc4F)[C@@H]3CC[C@@H]2C1. The predicted molar refractivity (Wildman–Crippen MR) is 138 cm³/mol. The maximum absolute atomic E-state index is 14.2. The van der Waals surface area contributed by atoms with Crippen molar-refractivity contribution in [3.05, 3.63) is 35.4 Å². The van der Waals surface area contributed by atoms with Crippen LogP contribution in [0.4, 0.5) is 8.78 Å². The highest BCUT2D eigenvalue weighted by Crippen LogP contribution is 2.63. The van der Waals surface area contributed by atoms with E-state index in [0.717, 1.165) is 67.3 Å². The molecule has 2 unspecified atom stereocenters. The summed E-state index contributed by atoms with van der Waals surface area (Å²) in [6.07, 6.45) is 13.0. The van der Waals surface area contributed by atoms with Gasteiger partial charge in [0.1, 0.15) is 11.6 Å². The molecule has 0 aromatic heterocycles. The second kappa shape index (κ2) is 10.7. The number of halogens is 2. The molecule has 9 atom stereocenters. The predicted octanol–water partition coefficient (Wildman–Crippen LogP) is 7.39. The fourth-order valence-corrected chi connectivity index (χ4v) is 9.51. The number of nitrogens with one attached hydrogen (secondary N) is 1. The number of benzene rings is 1. The van der Waals surface area contributed by atoms with Crippen LogP contribution >= 0.6 is 0 Å². The molecule has 200 valence electrons. The second-order valence-electron chi connectivity index (χ2n) is 12.7. The highest BCUT2D eigenvalue weighted by atomic mass is 19.1. The van der Waals surface area contributed by atoms with E-state index in [1.807, 2.05) is 0 Å². The molecule has 0 radical (unpaired) electrons. The van der Waals surface area contributed by atoms with Gasteiger partial charge in [-0.05, 0) is 131 Å². The number of carbonyl (C=O) groups is 1. The molecule has 0 saturated heterocycles. The van der Waals surface area contributed by atoms with Gasteiger partial charge in [0.05, 0.1) is 5.56 Å². The van der Waals surface area contributed by atoms with Gasteiger partial charge in [0.15, 0.2) is 0 Å². The van der Waals surface area contributed by atoms with Crippen LogP contribution in [0, 0.1) is 58.5 Å². The third-order valence-corrected chi connectivity index (χ3v) is 11.1. The average Bonchev–Trinajstić information content (AvgIpc) is 2.86. The van der Waals surface area contributed by atoms with E-state index < -0.39 is 17.5 Å². The highest BCUT2D eigenvalue weighted by Gasteiger charge is 2.56. The smallest absolute Gasteiger partial charge is 0.254 e. The number of carbonyl (C=O) groups excluding carboxylic acids is 1. The third-order valence-electron chi connectivity index (χ3n) is 11.1. The van der Waals surface area contributed by atoms with Gasteiger partial charge in [-0.25, -0.2) is 8.78 Å². The monoisotopic (exact) mass is 501 g/mol. The van der Waals surface area contributed by atoms with Crippen LogP contribution in [0.2, 0.25) is 0 Å². The van der Waals surface area contributed by atoms with Gasteiger partial charge in [-0.1, -0.05) is 13.3 Å². The molecular formula is C31H45F2NO2. The van der Waals surface area contributed by atoms with E-state index in [9.17, 15) is 13.6 Å². The van der Waals surface area contributed by atoms with Gasteiger partial charge in [-0.3, -0.25) is 4.79 Å². The van der Waals surface area contributed by atoms with Crippen molar-refractivity contribution in [2.75, 3.05) is 13.2 Å². The first-order valence-electron chi connectivity index (χ1n) is 14.7. The van der Waals surface area contributed by atoms with Crippen molar-refractivity contribution in [3.63, 3.8) is 0 Å². The van der Waals surface area contributed by atoms with Crippen molar-refractivity contribution in [2.45, 2.75) is 91.0 Å². The zero-order valence-corrected chi connectivity index (χ0v) is 22.4. The molecule has 4 saturated carbocycles. The van der Waals surface area contributed by atoms with Crippen LogP contribution < -0.4 is 5.32 Å². The van der Waals surface area contributed by atoms with Gasteiger partial charge in [-0.2, -0.15) is 0 Å². The Bertz CT molecular complexity index is 937. The van der Waals surface area contributed by atoms with Crippen LogP contribution in [-0.4, -0.2) is 25.2 Å². The molecule has 1 amide bonds. The summed E-state index contributed by atoms with van der Waals surface area (Å²) in [5.74, 6) is 3.46. The topological polar surface area (TPSA) is 38.3 Å². The molecular weight excluding hydrogens is 456 g/mol. The van der Waals surface area contributed by atoms with Crippen molar-refractivity contribution in [1.82, 2.24) is 5.32 Å². The molecule has 4 aliphatic carbocycles. The van der Waals surface area contributed by atoms with Crippen molar-refractivity contribution < 1.29 is 18.3 Å². The van der Waals surface area contributed by atoms with E-state index in [4.69, 9.17) is 4.74 Å². The molecule has 0 bridgehead atoms. The zero-order chi connectivity index (χ0) is 25.4. The maximum atomic E-state index is 14.2. The first kappa shape index (κ1) is 26.1. The molecule has 4 aliphatic rings. The average molecular weight is 502 g/mol. The Labute approximate surface area is 216 Å². The molecule has 0 heterocycles. The number of hydrogen-bond donors (Lipinski definition) is 1. The van der Waals surface area contributed by atoms with E-state index in [1.54, 1.807) is 0 Å². The van der Waals surface area contributed by atoms with Crippen molar-refractivity contribution in [3.8, 4) is 0 Å². The summed E-state index contributed by atoms with van der Waals surface area (Å²) in [6, 6.07) is 3.17. The summed E-state index contributed by atoms with van der Waals surface area (Å²) < 4.78 is 33.3. The summed E-state index contributed by atoms with van der Waals surface area (Å²) in [4.78, 5) is 12.9. The molecule has 1 aromatic rings. The Morgan fingerprint density at radius 2 is 1.89 bits per heavy atom. The first-order valence-corrected chi connectivity index (χ1v) is 14.7. The number of amides is 1. The van der Waals surface area contributed by atoms with Crippen LogP contribution in [0.25, 0.3) is 0 Å². The van der Waals surface area contributed by atoms with Crippen LogP contribution in [0.15, 0.2) is 18.2 Å². The Kier molecular flexibility index (Phi) is 7.77. The lowest BCUT2D eigenvalue weighted by atomic mass is 9.44. The summed E-state index contributed by atoms with van der Waals surface area (Å²) >= 11 is 0. The molecule has 5 rings (SSSR count). The fraction of sp³-hybridized carbons (Fsp3) is 0.774. The summed E-state index contributed by atoms with van der Waals surface area (Å²) in [6.45, 7) is 8.46. The van der Waals surface area contributed by atoms with E-state index in [0.29, 0.717) is 5.92 Å². The molecule has 1 aromatic carbocycles. The third kappa shape index (κ3) is 4.86. The first-order chi connectivity index (χ1) is 17.3. The Hall–Kier alpha value is -1.49. The molecule has 0 spiro atoms. The normalized spacial score (nSPS) is 38.9. The van der Waals surface area contributed by atoms with Gasteiger partial charge in [0.25, 0.3) is 5.91 Å². The number of ether oxygens (including phenoxy) is 1. The molecule has 1 N–H and O–H groups in total. The van der Waals surface area contributed by atoms with Gasteiger partial charge in [0.2, 0.25) is 0 Å². The quantitative estimate of drug-likeness (QED) is 0.441. The van der Waals surface area contributed by atoms with Gasteiger partial charge >= 0.3 is 0 Å². The minimum Gasteiger partial charge on any atom is -0.381 e. The maximum Gasteiger partial charge on any atom is 0.254 e. The van der Waals surface area contributed by atoms with Gasteiger partial charge in [-0.15, -0.1) is 0 Å². The lowest BCUT2D eigenvalue weighted by molar-refractivity contribution is -0.117. The zero-order valence-electron chi connectivity index (χ0n) is 22.4. The Balaban J connectivity index is 1.26. The Morgan fingerprint density at radius 1 is 1.08 bits per heavy atom. The summed E-state index contributed by atoms with van der Waals surface area (Å²) in [5, 5.41) is 3.11. The van der Waals surface area contributed by atoms with Gasteiger partial charge in [0, 0.05) is 25.3 Å². The lowest BCUT2D eigenvalue weighted by Crippen LogP contribution is -2.56. The lowest BCUT2D eigenvalue weighted by Gasteiger charge is -2.61. The van der Waals surface area contributed by atoms with Crippen LogP contribution in [0.1, 0.15) is 95.3 Å². The fourth-order valence-electron chi connectivity index (χ4n) is 9.51. The van der Waals surface area contributed by atoms with E-state index in [2.05, 4.69) is 26.1 Å². The minimum atomic E-state index is -0.791. The number of fused-ring (bicyclic) bond motifs is 5. The molecule has 4 fully saturated rings. The minimum absolute atomic E-state index is 0.0309. The van der Waals surface area contributed by atoms with E-state index in [-0.39, 0.29) is 17.0 Å². The van der Waals surface area contributed by atoms with E-state index >= 15 is 0 Å². The van der Waals surface area contributed by atoms with Crippen molar-refractivity contribution in [2.24, 2.45) is 46.8 Å². The largest absolute Gasteiger partial charge is 0.381 e. The van der Waals surface area contributed by atoms with Crippen LogP contribution in [-0.2, 0) is 4.74 Å². The highest BCUT2D eigenvalue weighted by molar-refractivity contribution is 5.94. The molecule has 0 aliphatic heterocycles. The second-order valence-corrected chi connectivity index (χ2v) is 12.7. The van der Waals surface area contributed by atoms with Crippen LogP contribution in [0.5, 0.6) is 0 Å². The number of rotatable bonds is 6. The molecule has 3 nitrogen and oxygen atoms in total. The van der Waals surface area contributed by atoms with Gasteiger partial charge < -0.3 is 10.1 Å². The van der Waals surface area contributed by atoms with E-state index in [1.165, 1.54) is 63.9 Å². The molecule has 36 heavy (non-hydrogen) atoms. The Morgan fingerprint density at radius 3 is 2.67 bits per heavy atom.